The molecule has 0 unspecified atom stereocenters. The van der Waals surface area contributed by atoms with Gasteiger partial charge in [-0.25, -0.2) is 4.39 Å². The van der Waals surface area contributed by atoms with E-state index in [1.54, 1.807) is 12.1 Å². The summed E-state index contributed by atoms with van der Waals surface area (Å²) in [6, 6.07) is 8.45. The summed E-state index contributed by atoms with van der Waals surface area (Å²) in [6.45, 7) is 4.48. The van der Waals surface area contributed by atoms with Crippen LogP contribution in [0, 0.1) is 19.7 Å². The number of nitrogens with zero attached hydrogens (tertiary/aromatic N) is 1. The Balaban J connectivity index is 2.15. The topological polar surface area (TPSA) is 22.0 Å². The first-order chi connectivity index (χ1) is 9.56. The number of pyridine rings is 1. The highest BCUT2D eigenvalue weighted by atomic mass is 32.1. The molecule has 0 bridgehead atoms. The lowest BCUT2D eigenvalue weighted by atomic mass is 10.1. The molecule has 0 saturated heterocycles. The van der Waals surface area contributed by atoms with Crippen molar-refractivity contribution in [2.75, 3.05) is 0 Å². The van der Waals surface area contributed by atoms with Gasteiger partial charge in [-0.05, 0) is 48.6 Å². The van der Waals surface area contributed by atoms with Crippen LogP contribution in [0.25, 0.3) is 10.2 Å². The Labute approximate surface area is 120 Å². The van der Waals surface area contributed by atoms with Gasteiger partial charge in [0.1, 0.15) is 5.82 Å². The minimum Gasteiger partial charge on any atom is -0.340 e. The molecular weight excluding hydrogens is 273 g/mol. The van der Waals surface area contributed by atoms with E-state index in [1.165, 1.54) is 23.5 Å². The molecule has 0 aliphatic heterocycles. The van der Waals surface area contributed by atoms with Gasteiger partial charge in [0.2, 0.25) is 0 Å². The van der Waals surface area contributed by atoms with Crippen LogP contribution < -0.4 is 5.43 Å². The molecule has 2 nitrogen and oxygen atoms in total. The van der Waals surface area contributed by atoms with E-state index in [9.17, 15) is 9.18 Å². The fourth-order valence-electron chi connectivity index (χ4n) is 2.44. The molecular formula is C16H14FNOS. The van der Waals surface area contributed by atoms with E-state index in [0.29, 0.717) is 6.54 Å². The third kappa shape index (κ3) is 2.16. The zero-order valence-corrected chi connectivity index (χ0v) is 12.1. The van der Waals surface area contributed by atoms with Gasteiger partial charge < -0.3 is 4.57 Å². The lowest BCUT2D eigenvalue weighted by molar-refractivity contribution is 0.624. The van der Waals surface area contributed by atoms with E-state index in [4.69, 9.17) is 0 Å². The SMILES string of the molecule is Cc1cc(F)ccc1Cn1c(C)cc(=O)c2sccc21. The van der Waals surface area contributed by atoms with Crippen molar-refractivity contribution in [3.05, 3.63) is 68.6 Å². The van der Waals surface area contributed by atoms with E-state index < -0.39 is 0 Å². The van der Waals surface area contributed by atoms with Crippen molar-refractivity contribution in [3.63, 3.8) is 0 Å². The minimum absolute atomic E-state index is 0.0691. The van der Waals surface area contributed by atoms with Gasteiger partial charge in [0.05, 0.1) is 10.2 Å². The predicted octanol–water partition coefficient (Wildman–Crippen LogP) is 3.87. The molecule has 4 heteroatoms. The van der Waals surface area contributed by atoms with Crippen LogP contribution in [-0.2, 0) is 6.54 Å². The Hall–Kier alpha value is -1.94. The van der Waals surface area contributed by atoms with E-state index in [0.717, 1.165) is 27.0 Å². The first kappa shape index (κ1) is 13.1. The van der Waals surface area contributed by atoms with Crippen molar-refractivity contribution in [2.45, 2.75) is 20.4 Å². The van der Waals surface area contributed by atoms with Crippen LogP contribution in [0.5, 0.6) is 0 Å². The molecule has 2 heterocycles. The van der Waals surface area contributed by atoms with Gasteiger partial charge in [-0.2, -0.15) is 0 Å². The molecule has 0 aliphatic rings. The lowest BCUT2D eigenvalue weighted by Gasteiger charge is -2.14. The second kappa shape index (κ2) is 4.87. The number of aromatic nitrogens is 1. The number of rotatable bonds is 2. The molecule has 0 saturated carbocycles. The smallest absolute Gasteiger partial charge is 0.199 e. The molecule has 0 N–H and O–H groups in total. The summed E-state index contributed by atoms with van der Waals surface area (Å²) in [5, 5.41) is 1.93. The second-order valence-corrected chi connectivity index (χ2v) is 5.86. The second-order valence-electron chi connectivity index (χ2n) is 4.94. The van der Waals surface area contributed by atoms with E-state index in [2.05, 4.69) is 4.57 Å². The zero-order chi connectivity index (χ0) is 14.3. The van der Waals surface area contributed by atoms with E-state index in [1.807, 2.05) is 25.3 Å². The van der Waals surface area contributed by atoms with Gasteiger partial charge in [-0.15, -0.1) is 11.3 Å². The summed E-state index contributed by atoms with van der Waals surface area (Å²) in [7, 11) is 0. The standard InChI is InChI=1S/C16H14FNOS/c1-10-7-13(17)4-3-12(10)9-18-11(2)8-15(19)16-14(18)5-6-20-16/h3-8H,9H2,1-2H3. The number of hydrogen-bond donors (Lipinski definition) is 0. The van der Waals surface area contributed by atoms with E-state index >= 15 is 0 Å². The average molecular weight is 287 g/mol. The van der Waals surface area contributed by atoms with Crippen LogP contribution in [0.2, 0.25) is 0 Å². The van der Waals surface area contributed by atoms with Gasteiger partial charge in [0, 0.05) is 18.3 Å². The fourth-order valence-corrected chi connectivity index (χ4v) is 3.25. The molecule has 0 spiro atoms. The van der Waals surface area contributed by atoms with Crippen LogP contribution in [0.1, 0.15) is 16.8 Å². The highest BCUT2D eigenvalue weighted by molar-refractivity contribution is 7.17. The fraction of sp³-hybridized carbons (Fsp3) is 0.188. The molecule has 0 amide bonds. The first-order valence-corrected chi connectivity index (χ1v) is 7.27. The number of aryl methyl sites for hydroxylation is 2. The zero-order valence-electron chi connectivity index (χ0n) is 11.3. The van der Waals surface area contributed by atoms with Crippen molar-refractivity contribution in [3.8, 4) is 0 Å². The molecule has 0 fully saturated rings. The highest BCUT2D eigenvalue weighted by Gasteiger charge is 2.09. The number of thiophene rings is 1. The normalized spacial score (nSPS) is 11.2. The Kier molecular flexibility index (Phi) is 3.18. The number of benzene rings is 1. The van der Waals surface area contributed by atoms with Crippen molar-refractivity contribution in [1.82, 2.24) is 4.57 Å². The molecule has 0 atom stereocenters. The maximum Gasteiger partial charge on any atom is 0.199 e. The van der Waals surface area contributed by atoms with Gasteiger partial charge in [-0.3, -0.25) is 4.79 Å². The molecule has 3 rings (SSSR count). The molecule has 2 aromatic heterocycles. The van der Waals surface area contributed by atoms with Crippen molar-refractivity contribution in [1.29, 1.82) is 0 Å². The Bertz CT molecular complexity index is 847. The van der Waals surface area contributed by atoms with Crippen LogP contribution in [-0.4, -0.2) is 4.57 Å². The highest BCUT2D eigenvalue weighted by Crippen LogP contribution is 2.21. The van der Waals surface area contributed by atoms with Crippen molar-refractivity contribution >= 4 is 21.6 Å². The molecule has 0 aliphatic carbocycles. The summed E-state index contributed by atoms with van der Waals surface area (Å²) in [4.78, 5) is 11.9. The van der Waals surface area contributed by atoms with Gasteiger partial charge in [0.25, 0.3) is 0 Å². The van der Waals surface area contributed by atoms with Gasteiger partial charge in [0.15, 0.2) is 5.43 Å². The number of halogens is 1. The molecule has 3 aromatic rings. The number of hydrogen-bond acceptors (Lipinski definition) is 2. The van der Waals surface area contributed by atoms with Crippen LogP contribution >= 0.6 is 11.3 Å². The summed E-state index contributed by atoms with van der Waals surface area (Å²) >= 11 is 1.46. The maximum absolute atomic E-state index is 13.2. The molecule has 0 radical (unpaired) electrons. The summed E-state index contributed by atoms with van der Waals surface area (Å²) < 4.78 is 16.1. The molecule has 102 valence electrons. The van der Waals surface area contributed by atoms with Crippen molar-refractivity contribution in [2.24, 2.45) is 0 Å². The van der Waals surface area contributed by atoms with Gasteiger partial charge >= 0.3 is 0 Å². The van der Waals surface area contributed by atoms with Crippen LogP contribution in [0.4, 0.5) is 4.39 Å². The predicted molar refractivity (Wildman–Crippen MR) is 81.1 cm³/mol. The van der Waals surface area contributed by atoms with Crippen LogP contribution in [0.15, 0.2) is 40.5 Å². The Morgan fingerprint density at radius 3 is 2.75 bits per heavy atom. The monoisotopic (exact) mass is 287 g/mol. The third-order valence-corrected chi connectivity index (χ3v) is 4.48. The largest absolute Gasteiger partial charge is 0.340 e. The summed E-state index contributed by atoms with van der Waals surface area (Å²) in [5.41, 5.74) is 3.92. The maximum atomic E-state index is 13.2. The molecule has 20 heavy (non-hydrogen) atoms. The van der Waals surface area contributed by atoms with Crippen LogP contribution in [0.3, 0.4) is 0 Å². The molecule has 1 aromatic carbocycles. The first-order valence-electron chi connectivity index (χ1n) is 6.39. The van der Waals surface area contributed by atoms with E-state index in [-0.39, 0.29) is 11.2 Å². The summed E-state index contributed by atoms with van der Waals surface area (Å²) in [5.74, 6) is -0.219. The quantitative estimate of drug-likeness (QED) is 0.701. The summed E-state index contributed by atoms with van der Waals surface area (Å²) in [6.07, 6.45) is 0. The Morgan fingerprint density at radius 2 is 2.00 bits per heavy atom. The van der Waals surface area contributed by atoms with Gasteiger partial charge in [-0.1, -0.05) is 6.07 Å². The average Bonchev–Trinajstić information content (AvgIpc) is 2.86. The Morgan fingerprint density at radius 1 is 1.20 bits per heavy atom. The minimum atomic E-state index is -0.219. The number of fused-ring (bicyclic) bond motifs is 1. The third-order valence-electron chi connectivity index (χ3n) is 3.56. The lowest BCUT2D eigenvalue weighted by Crippen LogP contribution is -2.12. The van der Waals surface area contributed by atoms with Crippen molar-refractivity contribution < 1.29 is 4.39 Å².